The molecule has 0 bridgehead atoms. The quantitative estimate of drug-likeness (QED) is 0.830. The molecular formula is C18H24N4O4S. The third-order valence-electron chi connectivity index (χ3n) is 4.76. The zero-order valence-corrected chi connectivity index (χ0v) is 16.5. The van der Waals surface area contributed by atoms with Crippen molar-refractivity contribution >= 4 is 15.9 Å². The first-order valence-electron chi connectivity index (χ1n) is 8.91. The number of hydrogen-bond donors (Lipinski definition) is 1. The van der Waals surface area contributed by atoms with Crippen LogP contribution in [0.25, 0.3) is 0 Å². The normalized spacial score (nSPS) is 16.4. The largest absolute Gasteiger partial charge is 0.347 e. The smallest absolute Gasteiger partial charge is 0.246 e. The molecule has 3 rings (SSSR count). The van der Waals surface area contributed by atoms with Gasteiger partial charge in [0.05, 0.1) is 11.4 Å². The van der Waals surface area contributed by atoms with E-state index in [1.165, 1.54) is 4.31 Å². The van der Waals surface area contributed by atoms with Crippen LogP contribution in [0.1, 0.15) is 35.7 Å². The summed E-state index contributed by atoms with van der Waals surface area (Å²) in [6, 6.07) is 5.33. The highest BCUT2D eigenvalue weighted by Crippen LogP contribution is 2.26. The zero-order chi connectivity index (χ0) is 19.6. The lowest BCUT2D eigenvalue weighted by atomic mass is 9.97. The van der Waals surface area contributed by atoms with Gasteiger partial charge in [-0.2, -0.15) is 9.29 Å². The predicted octanol–water partition coefficient (Wildman–Crippen LogP) is 1.71. The number of nitrogens with one attached hydrogen (secondary N) is 1. The Hall–Kier alpha value is -2.26. The Kier molecular flexibility index (Phi) is 5.61. The fourth-order valence-electron chi connectivity index (χ4n) is 3.31. The molecule has 0 unspecified atom stereocenters. The van der Waals surface area contributed by atoms with E-state index in [2.05, 4.69) is 15.5 Å². The minimum atomic E-state index is -3.54. The molecule has 0 saturated carbocycles. The molecule has 2 aromatic rings. The van der Waals surface area contributed by atoms with Gasteiger partial charge in [0.25, 0.3) is 0 Å². The Labute approximate surface area is 159 Å². The number of nitrogens with zero attached hydrogens (tertiary/aromatic N) is 3. The molecule has 0 radical (unpaired) electrons. The highest BCUT2D eigenvalue weighted by atomic mass is 32.2. The molecule has 0 spiro atoms. The minimum Gasteiger partial charge on any atom is -0.347 e. The number of piperidine rings is 1. The fourth-order valence-corrected chi connectivity index (χ4v) is 4.98. The first-order valence-corrected chi connectivity index (χ1v) is 10.4. The van der Waals surface area contributed by atoms with Gasteiger partial charge in [-0.15, -0.1) is 0 Å². The van der Waals surface area contributed by atoms with E-state index in [4.69, 9.17) is 4.52 Å². The van der Waals surface area contributed by atoms with Crippen molar-refractivity contribution in [1.82, 2.24) is 19.8 Å². The molecule has 27 heavy (non-hydrogen) atoms. The first kappa shape index (κ1) is 19.5. The zero-order valence-electron chi connectivity index (χ0n) is 15.7. The van der Waals surface area contributed by atoms with Crippen molar-refractivity contribution in [3.63, 3.8) is 0 Å². The van der Waals surface area contributed by atoms with E-state index in [-0.39, 0.29) is 18.4 Å². The van der Waals surface area contributed by atoms with Gasteiger partial charge < -0.3 is 9.84 Å². The van der Waals surface area contributed by atoms with Crippen LogP contribution in [-0.2, 0) is 21.4 Å². The van der Waals surface area contributed by atoms with Crippen LogP contribution >= 0.6 is 0 Å². The first-order chi connectivity index (χ1) is 12.8. The molecule has 1 aromatic heterocycles. The number of benzene rings is 1. The molecule has 1 aliphatic heterocycles. The third-order valence-corrected chi connectivity index (χ3v) is 6.82. The minimum absolute atomic E-state index is 0.116. The summed E-state index contributed by atoms with van der Waals surface area (Å²) in [4.78, 5) is 16.7. The summed E-state index contributed by atoms with van der Waals surface area (Å²) in [5, 5.41) is 6.45. The standard InChI is InChI=1S/C18H24N4O4S/c1-12-4-5-16(13(2)10-12)27(24,25)22-8-6-15(7-9-22)18(23)19-11-17-20-14(3)21-26-17/h4-5,10,15H,6-9,11H2,1-3H3,(H,19,23). The molecule has 1 aromatic carbocycles. The summed E-state index contributed by atoms with van der Waals surface area (Å²) in [6.45, 7) is 6.28. The molecular weight excluding hydrogens is 368 g/mol. The van der Waals surface area contributed by atoms with Gasteiger partial charge in [0, 0.05) is 19.0 Å². The summed E-state index contributed by atoms with van der Waals surface area (Å²) in [7, 11) is -3.54. The molecule has 2 heterocycles. The summed E-state index contributed by atoms with van der Waals surface area (Å²) >= 11 is 0. The molecule has 1 fully saturated rings. The van der Waals surface area contributed by atoms with Crippen molar-refractivity contribution in [3.8, 4) is 0 Å². The van der Waals surface area contributed by atoms with Crippen LogP contribution < -0.4 is 5.32 Å². The van der Waals surface area contributed by atoms with Gasteiger partial charge in [-0.3, -0.25) is 4.79 Å². The maximum Gasteiger partial charge on any atom is 0.246 e. The van der Waals surface area contributed by atoms with E-state index < -0.39 is 10.0 Å². The van der Waals surface area contributed by atoms with Crippen LogP contribution in [-0.4, -0.2) is 41.9 Å². The second kappa shape index (κ2) is 7.77. The average molecular weight is 392 g/mol. The van der Waals surface area contributed by atoms with Crippen molar-refractivity contribution in [3.05, 3.63) is 41.0 Å². The SMILES string of the molecule is Cc1ccc(S(=O)(=O)N2CCC(C(=O)NCc3nc(C)no3)CC2)c(C)c1. The second-order valence-electron chi connectivity index (χ2n) is 6.90. The molecule has 0 aliphatic carbocycles. The Balaban J connectivity index is 1.58. The summed E-state index contributed by atoms with van der Waals surface area (Å²) in [6.07, 6.45) is 0.970. The molecule has 8 nitrogen and oxygen atoms in total. The van der Waals surface area contributed by atoms with E-state index in [1.54, 1.807) is 26.0 Å². The topological polar surface area (TPSA) is 105 Å². The van der Waals surface area contributed by atoms with Gasteiger partial charge in [-0.05, 0) is 45.2 Å². The maximum atomic E-state index is 12.9. The van der Waals surface area contributed by atoms with Crippen LogP contribution in [0.5, 0.6) is 0 Å². The Morgan fingerprint density at radius 1 is 1.26 bits per heavy atom. The third kappa shape index (κ3) is 4.36. The van der Waals surface area contributed by atoms with Crippen molar-refractivity contribution in [1.29, 1.82) is 0 Å². The van der Waals surface area contributed by atoms with E-state index in [9.17, 15) is 13.2 Å². The number of rotatable bonds is 5. The Morgan fingerprint density at radius 3 is 2.56 bits per heavy atom. The van der Waals surface area contributed by atoms with Crippen molar-refractivity contribution < 1.29 is 17.7 Å². The van der Waals surface area contributed by atoms with Gasteiger partial charge in [-0.1, -0.05) is 22.9 Å². The maximum absolute atomic E-state index is 12.9. The molecule has 1 aliphatic rings. The molecule has 1 amide bonds. The van der Waals surface area contributed by atoms with E-state index in [0.29, 0.717) is 42.5 Å². The van der Waals surface area contributed by atoms with Crippen LogP contribution in [0.2, 0.25) is 0 Å². The molecule has 1 saturated heterocycles. The summed E-state index contributed by atoms with van der Waals surface area (Å²) in [5.74, 6) is 0.536. The highest BCUT2D eigenvalue weighted by molar-refractivity contribution is 7.89. The van der Waals surface area contributed by atoms with E-state index in [1.807, 2.05) is 13.0 Å². The number of aromatic nitrogens is 2. The monoisotopic (exact) mass is 392 g/mol. The lowest BCUT2D eigenvalue weighted by molar-refractivity contribution is -0.126. The highest BCUT2D eigenvalue weighted by Gasteiger charge is 2.32. The number of aryl methyl sites for hydroxylation is 3. The number of amides is 1. The van der Waals surface area contributed by atoms with Crippen LogP contribution in [0.3, 0.4) is 0 Å². The summed E-state index contributed by atoms with van der Waals surface area (Å²) in [5.41, 5.74) is 1.77. The van der Waals surface area contributed by atoms with Gasteiger partial charge in [0.2, 0.25) is 21.8 Å². The summed E-state index contributed by atoms with van der Waals surface area (Å²) < 4.78 is 32.3. The molecule has 1 N–H and O–H groups in total. The van der Waals surface area contributed by atoms with Crippen LogP contribution in [0.15, 0.2) is 27.6 Å². The molecule has 9 heteroatoms. The number of sulfonamides is 1. The van der Waals surface area contributed by atoms with Gasteiger partial charge in [-0.25, -0.2) is 8.42 Å². The predicted molar refractivity (Wildman–Crippen MR) is 98.3 cm³/mol. The Bertz CT molecular complexity index is 931. The van der Waals surface area contributed by atoms with Crippen LogP contribution in [0, 0.1) is 26.7 Å². The van der Waals surface area contributed by atoms with E-state index >= 15 is 0 Å². The fraction of sp³-hybridized carbons (Fsp3) is 0.500. The second-order valence-corrected chi connectivity index (χ2v) is 8.81. The number of hydrogen-bond acceptors (Lipinski definition) is 6. The van der Waals surface area contributed by atoms with Crippen molar-refractivity contribution in [2.24, 2.45) is 5.92 Å². The molecule has 0 atom stereocenters. The lowest BCUT2D eigenvalue weighted by Gasteiger charge is -2.30. The number of carbonyl (C=O) groups excluding carboxylic acids is 1. The van der Waals surface area contributed by atoms with Gasteiger partial charge in [0.15, 0.2) is 5.82 Å². The molecule has 146 valence electrons. The average Bonchev–Trinajstić information content (AvgIpc) is 3.05. The Morgan fingerprint density at radius 2 is 1.96 bits per heavy atom. The van der Waals surface area contributed by atoms with Crippen molar-refractivity contribution in [2.75, 3.05) is 13.1 Å². The van der Waals surface area contributed by atoms with E-state index in [0.717, 1.165) is 11.1 Å². The van der Waals surface area contributed by atoms with Crippen LogP contribution in [0.4, 0.5) is 0 Å². The number of carbonyl (C=O) groups is 1. The lowest BCUT2D eigenvalue weighted by Crippen LogP contribution is -2.43. The van der Waals surface area contributed by atoms with Gasteiger partial charge in [0.1, 0.15) is 0 Å². The van der Waals surface area contributed by atoms with Gasteiger partial charge >= 0.3 is 0 Å². The van der Waals surface area contributed by atoms with Crippen molar-refractivity contribution in [2.45, 2.75) is 45.1 Å².